The fraction of sp³-hybridized carbons (Fsp3) is 1.00. The molecule has 1 atom stereocenters. The van der Waals surface area contributed by atoms with Gasteiger partial charge in [-0.25, -0.2) is 0 Å². The molecule has 0 spiro atoms. The summed E-state index contributed by atoms with van der Waals surface area (Å²) in [5.74, 6) is 0.609. The first-order valence-corrected chi connectivity index (χ1v) is 6.32. The summed E-state index contributed by atoms with van der Waals surface area (Å²) in [6.45, 7) is 1.24. The Hall–Kier alpha value is 0.100. The molecule has 0 amide bonds. The molecule has 0 saturated heterocycles. The van der Waals surface area contributed by atoms with Gasteiger partial charge in [-0.2, -0.15) is 25.8 Å². The standard InChI is InChI=1S/C11H19F3OS/c1-9(11(12,13)14)15-7-10(8-16)5-3-2-4-6-10/h9,16H,2-8H2,1H3. The zero-order valence-electron chi connectivity index (χ0n) is 9.52. The molecule has 0 aromatic heterocycles. The van der Waals surface area contributed by atoms with Crippen LogP contribution in [0.2, 0.25) is 0 Å². The second kappa shape index (κ2) is 5.63. The van der Waals surface area contributed by atoms with Crippen molar-refractivity contribution in [2.24, 2.45) is 5.41 Å². The summed E-state index contributed by atoms with van der Waals surface area (Å²) in [4.78, 5) is 0. The van der Waals surface area contributed by atoms with Crippen LogP contribution in [-0.2, 0) is 4.74 Å². The maximum absolute atomic E-state index is 12.3. The van der Waals surface area contributed by atoms with E-state index in [0.29, 0.717) is 5.75 Å². The minimum Gasteiger partial charge on any atom is -0.368 e. The van der Waals surface area contributed by atoms with Crippen molar-refractivity contribution in [2.75, 3.05) is 12.4 Å². The van der Waals surface area contributed by atoms with Crippen molar-refractivity contribution in [3.63, 3.8) is 0 Å². The molecule has 1 aliphatic rings. The molecule has 0 aromatic rings. The molecule has 0 heterocycles. The second-order valence-corrected chi connectivity index (χ2v) is 5.03. The van der Waals surface area contributed by atoms with Crippen molar-refractivity contribution in [1.29, 1.82) is 0 Å². The van der Waals surface area contributed by atoms with E-state index < -0.39 is 12.3 Å². The lowest BCUT2D eigenvalue weighted by molar-refractivity contribution is -0.221. The molecule has 96 valence electrons. The summed E-state index contributed by atoms with van der Waals surface area (Å²) in [6.07, 6.45) is -0.751. The summed E-state index contributed by atoms with van der Waals surface area (Å²) in [6, 6.07) is 0. The molecule has 1 unspecified atom stereocenters. The number of halogens is 3. The van der Waals surface area contributed by atoms with E-state index in [2.05, 4.69) is 12.6 Å². The van der Waals surface area contributed by atoms with Crippen LogP contribution < -0.4 is 0 Å². The fourth-order valence-electron chi connectivity index (χ4n) is 2.05. The molecule has 1 fully saturated rings. The van der Waals surface area contributed by atoms with Crippen molar-refractivity contribution in [2.45, 2.75) is 51.3 Å². The summed E-state index contributed by atoms with van der Waals surface area (Å²) in [7, 11) is 0. The lowest BCUT2D eigenvalue weighted by Crippen LogP contribution is -2.37. The minimum absolute atomic E-state index is 0.138. The summed E-state index contributed by atoms with van der Waals surface area (Å²) in [5.41, 5.74) is -0.138. The van der Waals surface area contributed by atoms with Gasteiger partial charge in [-0.05, 0) is 25.5 Å². The van der Waals surface area contributed by atoms with E-state index in [4.69, 9.17) is 4.74 Å². The first-order valence-electron chi connectivity index (χ1n) is 5.69. The molecule has 1 nitrogen and oxygen atoms in total. The molecule has 0 bridgehead atoms. The third-order valence-corrected chi connectivity index (χ3v) is 4.02. The van der Waals surface area contributed by atoms with Crippen LogP contribution in [0.25, 0.3) is 0 Å². The van der Waals surface area contributed by atoms with Gasteiger partial charge in [-0.15, -0.1) is 0 Å². The first kappa shape index (κ1) is 14.2. The van der Waals surface area contributed by atoms with Crippen LogP contribution in [-0.4, -0.2) is 24.6 Å². The maximum Gasteiger partial charge on any atom is 0.414 e. The topological polar surface area (TPSA) is 9.23 Å². The third-order valence-electron chi connectivity index (χ3n) is 3.35. The van der Waals surface area contributed by atoms with E-state index in [1.807, 2.05) is 0 Å². The van der Waals surface area contributed by atoms with Crippen LogP contribution in [0.5, 0.6) is 0 Å². The number of alkyl halides is 3. The average Bonchev–Trinajstić information content (AvgIpc) is 2.26. The fourth-order valence-corrected chi connectivity index (χ4v) is 2.45. The van der Waals surface area contributed by atoms with Crippen molar-refractivity contribution in [3.05, 3.63) is 0 Å². The highest BCUT2D eigenvalue weighted by molar-refractivity contribution is 7.80. The molecular formula is C11H19F3OS. The van der Waals surface area contributed by atoms with Gasteiger partial charge in [0, 0.05) is 5.41 Å². The van der Waals surface area contributed by atoms with E-state index in [9.17, 15) is 13.2 Å². The van der Waals surface area contributed by atoms with Gasteiger partial charge in [0.2, 0.25) is 0 Å². The monoisotopic (exact) mass is 256 g/mol. The Labute approximate surface area is 100 Å². The molecule has 1 rings (SSSR count). The van der Waals surface area contributed by atoms with Gasteiger partial charge < -0.3 is 4.74 Å². The van der Waals surface area contributed by atoms with E-state index in [0.717, 1.165) is 32.6 Å². The van der Waals surface area contributed by atoms with Crippen molar-refractivity contribution >= 4 is 12.6 Å². The Balaban J connectivity index is 2.45. The maximum atomic E-state index is 12.3. The molecule has 1 saturated carbocycles. The van der Waals surface area contributed by atoms with E-state index >= 15 is 0 Å². The molecule has 1 aliphatic carbocycles. The van der Waals surface area contributed by atoms with Crippen LogP contribution in [0.3, 0.4) is 0 Å². The number of ether oxygens (including phenoxy) is 1. The van der Waals surface area contributed by atoms with Crippen molar-refractivity contribution in [1.82, 2.24) is 0 Å². The predicted molar refractivity (Wildman–Crippen MR) is 60.8 cm³/mol. The Morgan fingerprint density at radius 1 is 1.25 bits per heavy atom. The van der Waals surface area contributed by atoms with Gasteiger partial charge >= 0.3 is 6.18 Å². The minimum atomic E-state index is -4.26. The van der Waals surface area contributed by atoms with Crippen LogP contribution >= 0.6 is 12.6 Å². The SMILES string of the molecule is CC(OCC1(CS)CCCCC1)C(F)(F)F. The summed E-state index contributed by atoms with van der Waals surface area (Å²) < 4.78 is 41.8. The summed E-state index contributed by atoms with van der Waals surface area (Å²) in [5, 5.41) is 0. The number of thiol groups is 1. The van der Waals surface area contributed by atoms with E-state index in [1.165, 1.54) is 6.42 Å². The highest BCUT2D eigenvalue weighted by Gasteiger charge is 2.39. The number of hydrogen-bond acceptors (Lipinski definition) is 2. The highest BCUT2D eigenvalue weighted by Crippen LogP contribution is 2.38. The quantitative estimate of drug-likeness (QED) is 0.752. The van der Waals surface area contributed by atoms with Crippen LogP contribution in [0.15, 0.2) is 0 Å². The molecule has 5 heteroatoms. The number of hydrogen-bond donors (Lipinski definition) is 1. The Morgan fingerprint density at radius 2 is 1.81 bits per heavy atom. The van der Waals surface area contributed by atoms with E-state index in [1.54, 1.807) is 0 Å². The van der Waals surface area contributed by atoms with Gasteiger partial charge in [-0.1, -0.05) is 19.3 Å². The van der Waals surface area contributed by atoms with Gasteiger partial charge in [-0.3, -0.25) is 0 Å². The Kier molecular flexibility index (Phi) is 4.98. The zero-order chi connectivity index (χ0) is 12.2. The molecule has 0 N–H and O–H groups in total. The van der Waals surface area contributed by atoms with E-state index in [-0.39, 0.29) is 12.0 Å². The lowest BCUT2D eigenvalue weighted by atomic mass is 9.76. The first-order chi connectivity index (χ1) is 7.40. The zero-order valence-corrected chi connectivity index (χ0v) is 10.4. The molecular weight excluding hydrogens is 237 g/mol. The van der Waals surface area contributed by atoms with Gasteiger partial charge in [0.25, 0.3) is 0 Å². The van der Waals surface area contributed by atoms with Gasteiger partial charge in [0.05, 0.1) is 6.61 Å². The van der Waals surface area contributed by atoms with Crippen LogP contribution in [0.1, 0.15) is 39.0 Å². The Morgan fingerprint density at radius 3 is 2.25 bits per heavy atom. The average molecular weight is 256 g/mol. The lowest BCUT2D eigenvalue weighted by Gasteiger charge is -2.36. The smallest absolute Gasteiger partial charge is 0.368 e. The van der Waals surface area contributed by atoms with Gasteiger partial charge in [0.15, 0.2) is 6.10 Å². The normalized spacial score (nSPS) is 23.1. The van der Waals surface area contributed by atoms with Crippen LogP contribution in [0, 0.1) is 5.41 Å². The van der Waals surface area contributed by atoms with Gasteiger partial charge in [0.1, 0.15) is 0 Å². The largest absolute Gasteiger partial charge is 0.414 e. The molecule has 0 radical (unpaired) electrons. The highest BCUT2D eigenvalue weighted by atomic mass is 32.1. The molecule has 0 aromatic carbocycles. The van der Waals surface area contributed by atoms with Crippen molar-refractivity contribution in [3.8, 4) is 0 Å². The van der Waals surface area contributed by atoms with Crippen LogP contribution in [0.4, 0.5) is 13.2 Å². The van der Waals surface area contributed by atoms with Crippen molar-refractivity contribution < 1.29 is 17.9 Å². The predicted octanol–water partition coefficient (Wildman–Crippen LogP) is 3.83. The second-order valence-electron chi connectivity index (χ2n) is 4.71. The summed E-state index contributed by atoms with van der Waals surface area (Å²) >= 11 is 4.26. The third kappa shape index (κ3) is 3.84. The number of rotatable bonds is 4. The Bertz CT molecular complexity index is 212. The molecule has 16 heavy (non-hydrogen) atoms. The molecule has 0 aliphatic heterocycles.